The van der Waals surface area contributed by atoms with Gasteiger partial charge in [0.15, 0.2) is 0 Å². The second kappa shape index (κ2) is 12.1. The zero-order valence-electron chi connectivity index (χ0n) is 19.5. The number of carbonyl (C=O) groups excluding carboxylic acids is 2. The molecule has 2 rings (SSSR count). The first-order valence-corrected chi connectivity index (χ1v) is 11.1. The molecule has 0 aliphatic heterocycles. The molecule has 0 saturated heterocycles. The lowest BCUT2D eigenvalue weighted by Gasteiger charge is -2.30. The molecule has 2 unspecified atom stereocenters. The van der Waals surface area contributed by atoms with Crippen LogP contribution >= 0.6 is 0 Å². The van der Waals surface area contributed by atoms with Crippen molar-refractivity contribution < 1.29 is 14.3 Å². The van der Waals surface area contributed by atoms with Crippen LogP contribution in [-0.2, 0) is 16.1 Å². The molecule has 5 nitrogen and oxygen atoms in total. The third-order valence-corrected chi connectivity index (χ3v) is 5.43. The predicted molar refractivity (Wildman–Crippen MR) is 125 cm³/mol. The van der Waals surface area contributed by atoms with Gasteiger partial charge >= 0.3 is 0 Å². The summed E-state index contributed by atoms with van der Waals surface area (Å²) < 4.78 is 5.75. The Balaban J connectivity index is 2.00. The smallest absolute Gasteiger partial charge is 0.242 e. The van der Waals surface area contributed by atoms with E-state index in [4.69, 9.17) is 4.74 Å². The quantitative estimate of drug-likeness (QED) is 0.528. The molecule has 0 aromatic heterocycles. The summed E-state index contributed by atoms with van der Waals surface area (Å²) in [6, 6.07) is 15.5. The zero-order chi connectivity index (χ0) is 22.8. The summed E-state index contributed by atoms with van der Waals surface area (Å²) in [4.78, 5) is 27.5. The van der Waals surface area contributed by atoms with E-state index in [2.05, 4.69) is 11.4 Å². The molecule has 0 aliphatic rings. The van der Waals surface area contributed by atoms with E-state index in [0.29, 0.717) is 26.0 Å². The van der Waals surface area contributed by atoms with Gasteiger partial charge in [0, 0.05) is 19.0 Å². The van der Waals surface area contributed by atoms with E-state index in [9.17, 15) is 9.59 Å². The summed E-state index contributed by atoms with van der Waals surface area (Å²) in [5.41, 5.74) is 3.33. The molecule has 168 valence electrons. The van der Waals surface area contributed by atoms with Crippen LogP contribution in [0.2, 0.25) is 0 Å². The van der Waals surface area contributed by atoms with Gasteiger partial charge in [-0.3, -0.25) is 9.59 Å². The highest BCUT2D eigenvalue weighted by molar-refractivity contribution is 5.87. The van der Waals surface area contributed by atoms with Crippen LogP contribution in [0.4, 0.5) is 0 Å². The Morgan fingerprint density at radius 3 is 2.39 bits per heavy atom. The van der Waals surface area contributed by atoms with Gasteiger partial charge in [-0.05, 0) is 58.2 Å². The molecule has 0 saturated carbocycles. The van der Waals surface area contributed by atoms with Crippen LogP contribution in [-0.4, -0.2) is 35.4 Å². The van der Waals surface area contributed by atoms with Gasteiger partial charge in [0.2, 0.25) is 11.8 Å². The standard InChI is InChI=1S/C26H36N2O3/c1-6-21(4)27-26(30)22(5)28(18-23-10-7-9-20(3)17-23)25(29)11-8-16-31-24-14-12-19(2)13-15-24/h7,9-10,12-15,17,21-22H,6,8,11,16,18H2,1-5H3,(H,27,30). The molecular formula is C26H36N2O3. The number of aryl methyl sites for hydroxylation is 2. The summed E-state index contributed by atoms with van der Waals surface area (Å²) in [6.45, 7) is 10.7. The number of hydrogen-bond acceptors (Lipinski definition) is 3. The van der Waals surface area contributed by atoms with Crippen molar-refractivity contribution in [1.29, 1.82) is 0 Å². The van der Waals surface area contributed by atoms with Crippen molar-refractivity contribution in [1.82, 2.24) is 10.2 Å². The Hall–Kier alpha value is -2.82. The minimum atomic E-state index is -0.542. The van der Waals surface area contributed by atoms with E-state index in [1.807, 2.05) is 70.2 Å². The van der Waals surface area contributed by atoms with Gasteiger partial charge < -0.3 is 15.0 Å². The molecule has 0 fully saturated rings. The minimum absolute atomic E-state index is 0.0409. The van der Waals surface area contributed by atoms with Crippen molar-refractivity contribution in [2.75, 3.05) is 6.61 Å². The van der Waals surface area contributed by atoms with Crippen LogP contribution in [0.3, 0.4) is 0 Å². The Morgan fingerprint density at radius 1 is 1.03 bits per heavy atom. The molecule has 31 heavy (non-hydrogen) atoms. The average Bonchev–Trinajstić information content (AvgIpc) is 2.75. The zero-order valence-corrected chi connectivity index (χ0v) is 19.5. The Bertz CT molecular complexity index is 848. The maximum Gasteiger partial charge on any atom is 0.242 e. The lowest BCUT2D eigenvalue weighted by atomic mass is 10.1. The lowest BCUT2D eigenvalue weighted by Crippen LogP contribution is -2.49. The summed E-state index contributed by atoms with van der Waals surface area (Å²) in [6.07, 6.45) is 1.77. The molecule has 0 aliphatic carbocycles. The average molecular weight is 425 g/mol. The number of ether oxygens (including phenoxy) is 1. The van der Waals surface area contributed by atoms with Crippen LogP contribution in [0.5, 0.6) is 5.75 Å². The van der Waals surface area contributed by atoms with E-state index in [-0.39, 0.29) is 17.9 Å². The van der Waals surface area contributed by atoms with Crippen molar-refractivity contribution in [2.45, 2.75) is 72.5 Å². The van der Waals surface area contributed by atoms with Gasteiger partial charge in [-0.25, -0.2) is 0 Å². The molecule has 2 atom stereocenters. The van der Waals surface area contributed by atoms with Crippen molar-refractivity contribution >= 4 is 11.8 Å². The Labute approximate surface area is 186 Å². The molecule has 2 amide bonds. The molecule has 5 heteroatoms. The molecule has 1 N–H and O–H groups in total. The van der Waals surface area contributed by atoms with E-state index < -0.39 is 6.04 Å². The lowest BCUT2D eigenvalue weighted by molar-refractivity contribution is -0.141. The van der Waals surface area contributed by atoms with Crippen LogP contribution in [0.15, 0.2) is 48.5 Å². The monoisotopic (exact) mass is 424 g/mol. The Kier molecular flexibility index (Phi) is 9.57. The topological polar surface area (TPSA) is 58.6 Å². The number of hydrogen-bond donors (Lipinski definition) is 1. The fraction of sp³-hybridized carbons (Fsp3) is 0.462. The highest BCUT2D eigenvalue weighted by atomic mass is 16.5. The van der Waals surface area contributed by atoms with Gasteiger partial charge in [0.1, 0.15) is 11.8 Å². The maximum absolute atomic E-state index is 13.1. The largest absolute Gasteiger partial charge is 0.494 e. The summed E-state index contributed by atoms with van der Waals surface area (Å²) in [5.74, 6) is 0.642. The molecule has 0 radical (unpaired) electrons. The van der Waals surface area contributed by atoms with Crippen molar-refractivity contribution in [3.05, 3.63) is 65.2 Å². The van der Waals surface area contributed by atoms with E-state index in [0.717, 1.165) is 23.3 Å². The minimum Gasteiger partial charge on any atom is -0.494 e. The van der Waals surface area contributed by atoms with E-state index in [1.165, 1.54) is 5.56 Å². The number of rotatable bonds is 11. The normalized spacial score (nSPS) is 12.7. The van der Waals surface area contributed by atoms with Gasteiger partial charge in [-0.2, -0.15) is 0 Å². The van der Waals surface area contributed by atoms with Crippen molar-refractivity contribution in [2.24, 2.45) is 0 Å². The van der Waals surface area contributed by atoms with Crippen LogP contribution in [0, 0.1) is 13.8 Å². The van der Waals surface area contributed by atoms with Crippen LogP contribution in [0.25, 0.3) is 0 Å². The Morgan fingerprint density at radius 2 is 1.74 bits per heavy atom. The molecule has 2 aromatic carbocycles. The van der Waals surface area contributed by atoms with Crippen molar-refractivity contribution in [3.8, 4) is 5.75 Å². The molecular weight excluding hydrogens is 388 g/mol. The van der Waals surface area contributed by atoms with E-state index in [1.54, 1.807) is 11.8 Å². The third-order valence-electron chi connectivity index (χ3n) is 5.43. The highest BCUT2D eigenvalue weighted by Crippen LogP contribution is 2.15. The van der Waals surface area contributed by atoms with E-state index >= 15 is 0 Å². The molecule has 0 heterocycles. The maximum atomic E-state index is 13.1. The number of amides is 2. The molecule has 0 spiro atoms. The fourth-order valence-corrected chi connectivity index (χ4v) is 3.25. The van der Waals surface area contributed by atoms with Crippen LogP contribution < -0.4 is 10.1 Å². The number of nitrogens with one attached hydrogen (secondary N) is 1. The third kappa shape index (κ3) is 8.08. The highest BCUT2D eigenvalue weighted by Gasteiger charge is 2.26. The fourth-order valence-electron chi connectivity index (χ4n) is 3.25. The number of benzene rings is 2. The summed E-state index contributed by atoms with van der Waals surface area (Å²) in [7, 11) is 0. The first kappa shape index (κ1) is 24.4. The van der Waals surface area contributed by atoms with Gasteiger partial charge in [-0.1, -0.05) is 54.4 Å². The van der Waals surface area contributed by atoms with Gasteiger partial charge in [0.25, 0.3) is 0 Å². The predicted octanol–water partition coefficient (Wildman–Crippen LogP) is 4.79. The SMILES string of the molecule is CCC(C)NC(=O)C(C)N(Cc1cccc(C)c1)C(=O)CCCOc1ccc(C)cc1. The van der Waals surface area contributed by atoms with Gasteiger partial charge in [0.05, 0.1) is 6.61 Å². The first-order valence-electron chi connectivity index (χ1n) is 11.1. The second-order valence-electron chi connectivity index (χ2n) is 8.27. The first-order chi connectivity index (χ1) is 14.8. The molecule has 2 aromatic rings. The second-order valence-corrected chi connectivity index (χ2v) is 8.27. The molecule has 0 bridgehead atoms. The van der Waals surface area contributed by atoms with Crippen LogP contribution in [0.1, 0.15) is 56.7 Å². The number of carbonyl (C=O) groups is 2. The summed E-state index contributed by atoms with van der Waals surface area (Å²) in [5, 5.41) is 3.00. The van der Waals surface area contributed by atoms with Gasteiger partial charge in [-0.15, -0.1) is 0 Å². The summed E-state index contributed by atoms with van der Waals surface area (Å²) >= 11 is 0. The number of nitrogens with zero attached hydrogens (tertiary/aromatic N) is 1. The van der Waals surface area contributed by atoms with Crippen molar-refractivity contribution in [3.63, 3.8) is 0 Å².